The second kappa shape index (κ2) is 6.26. The number of nitrogens with zero attached hydrogens (tertiary/aromatic N) is 1. The largest absolute Gasteiger partial charge is 0.305 e. The summed E-state index contributed by atoms with van der Waals surface area (Å²) in [4.78, 5) is 24.6. The van der Waals surface area contributed by atoms with Gasteiger partial charge in [0, 0.05) is 6.54 Å². The van der Waals surface area contributed by atoms with Gasteiger partial charge >= 0.3 is 0 Å². The average molecular weight is 277 g/mol. The molecule has 1 atom stereocenters. The highest BCUT2D eigenvalue weighted by molar-refractivity contribution is 7.89. The van der Waals surface area contributed by atoms with Gasteiger partial charge in [-0.05, 0) is 19.4 Å². The maximum Gasteiger partial charge on any atom is 0.246 e. The van der Waals surface area contributed by atoms with Crippen LogP contribution in [-0.2, 0) is 19.6 Å². The number of amides is 2. The first kappa shape index (κ1) is 15.1. The molecule has 18 heavy (non-hydrogen) atoms. The highest BCUT2D eigenvalue weighted by atomic mass is 32.2. The Kier molecular flexibility index (Phi) is 5.24. The van der Waals surface area contributed by atoms with Crippen LogP contribution in [0.15, 0.2) is 0 Å². The number of likely N-dealkylation sites (tertiary alicyclic amines) is 1. The molecule has 0 bridgehead atoms. The molecule has 1 rings (SSSR count). The monoisotopic (exact) mass is 277 g/mol. The molecular formula is C10H19N3O4S. The van der Waals surface area contributed by atoms with E-state index in [1.54, 1.807) is 0 Å². The molecular weight excluding hydrogens is 258 g/mol. The Morgan fingerprint density at radius 3 is 2.67 bits per heavy atom. The molecule has 0 aromatic heterocycles. The Bertz CT molecular complexity index is 421. The molecule has 0 aromatic rings. The van der Waals surface area contributed by atoms with Gasteiger partial charge in [0.25, 0.3) is 0 Å². The zero-order valence-electron chi connectivity index (χ0n) is 10.4. The molecule has 8 heteroatoms. The normalized spacial score (nSPS) is 20.8. The summed E-state index contributed by atoms with van der Waals surface area (Å²) in [6.45, 7) is 2.68. The van der Waals surface area contributed by atoms with Crippen molar-refractivity contribution in [2.24, 2.45) is 5.14 Å². The summed E-state index contributed by atoms with van der Waals surface area (Å²) >= 11 is 0. The van der Waals surface area contributed by atoms with Crippen LogP contribution in [0.25, 0.3) is 0 Å². The standard InChI is InChI=1S/C10H19N3O4S/c1-2-5-13-9(14)7-8(10(13)15)12-4-3-6-18(11,16)17/h8,12H,2-7H2,1H3,(H2,11,16,17). The van der Waals surface area contributed by atoms with Gasteiger partial charge in [0.2, 0.25) is 21.8 Å². The van der Waals surface area contributed by atoms with Crippen LogP contribution in [0.2, 0.25) is 0 Å². The number of carbonyl (C=O) groups excluding carboxylic acids is 2. The summed E-state index contributed by atoms with van der Waals surface area (Å²) < 4.78 is 21.4. The van der Waals surface area contributed by atoms with Crippen molar-refractivity contribution in [3.8, 4) is 0 Å². The Morgan fingerprint density at radius 2 is 2.11 bits per heavy atom. The van der Waals surface area contributed by atoms with Crippen molar-refractivity contribution < 1.29 is 18.0 Å². The van der Waals surface area contributed by atoms with Crippen LogP contribution in [0.5, 0.6) is 0 Å². The van der Waals surface area contributed by atoms with Crippen LogP contribution in [0, 0.1) is 0 Å². The summed E-state index contributed by atoms with van der Waals surface area (Å²) in [6, 6.07) is -0.524. The van der Waals surface area contributed by atoms with Crippen molar-refractivity contribution in [3.05, 3.63) is 0 Å². The molecule has 1 fully saturated rings. The van der Waals surface area contributed by atoms with Crippen LogP contribution < -0.4 is 10.5 Å². The average Bonchev–Trinajstić information content (AvgIpc) is 2.51. The molecule has 1 aliphatic heterocycles. The van der Waals surface area contributed by atoms with E-state index in [4.69, 9.17) is 5.14 Å². The van der Waals surface area contributed by atoms with E-state index in [-0.39, 0.29) is 24.0 Å². The Morgan fingerprint density at radius 1 is 1.44 bits per heavy atom. The number of hydrogen-bond acceptors (Lipinski definition) is 5. The number of carbonyl (C=O) groups is 2. The topological polar surface area (TPSA) is 110 Å². The van der Waals surface area contributed by atoms with E-state index < -0.39 is 16.1 Å². The number of primary sulfonamides is 1. The molecule has 3 N–H and O–H groups in total. The molecule has 0 aromatic carbocycles. The number of sulfonamides is 1. The zero-order chi connectivity index (χ0) is 13.8. The molecule has 0 aliphatic carbocycles. The van der Waals surface area contributed by atoms with Gasteiger partial charge in [0.15, 0.2) is 0 Å². The van der Waals surface area contributed by atoms with E-state index in [9.17, 15) is 18.0 Å². The lowest BCUT2D eigenvalue weighted by molar-refractivity contribution is -0.138. The second-order valence-electron chi connectivity index (χ2n) is 4.31. The predicted molar refractivity (Wildman–Crippen MR) is 66.0 cm³/mol. The van der Waals surface area contributed by atoms with E-state index in [0.29, 0.717) is 19.5 Å². The lowest BCUT2D eigenvalue weighted by Gasteiger charge is -2.14. The minimum absolute atomic E-state index is 0.131. The van der Waals surface area contributed by atoms with Crippen LogP contribution in [-0.4, -0.2) is 50.0 Å². The summed E-state index contributed by atoms with van der Waals surface area (Å²) in [5.41, 5.74) is 0. The third kappa shape index (κ3) is 4.35. The summed E-state index contributed by atoms with van der Waals surface area (Å²) in [5, 5.41) is 7.75. The van der Waals surface area contributed by atoms with Gasteiger partial charge in [0.05, 0.1) is 18.2 Å². The van der Waals surface area contributed by atoms with E-state index in [2.05, 4.69) is 5.32 Å². The summed E-state index contributed by atoms with van der Waals surface area (Å²) in [6.07, 6.45) is 1.20. The van der Waals surface area contributed by atoms with Gasteiger partial charge in [-0.2, -0.15) is 0 Å². The zero-order valence-corrected chi connectivity index (χ0v) is 11.2. The fourth-order valence-corrected chi connectivity index (χ4v) is 2.40. The smallest absolute Gasteiger partial charge is 0.246 e. The van der Waals surface area contributed by atoms with E-state index in [0.717, 1.165) is 6.42 Å². The molecule has 104 valence electrons. The highest BCUT2D eigenvalue weighted by Crippen LogP contribution is 2.13. The molecule has 0 spiro atoms. The van der Waals surface area contributed by atoms with Crippen molar-refractivity contribution >= 4 is 21.8 Å². The number of hydrogen-bond donors (Lipinski definition) is 2. The lowest BCUT2D eigenvalue weighted by atomic mass is 10.2. The van der Waals surface area contributed by atoms with Gasteiger partial charge in [-0.25, -0.2) is 13.6 Å². The van der Waals surface area contributed by atoms with E-state index >= 15 is 0 Å². The molecule has 1 heterocycles. The van der Waals surface area contributed by atoms with Gasteiger partial charge in [-0.15, -0.1) is 0 Å². The summed E-state index contributed by atoms with van der Waals surface area (Å²) in [7, 11) is -3.47. The van der Waals surface area contributed by atoms with Crippen LogP contribution in [0.4, 0.5) is 0 Å². The minimum Gasteiger partial charge on any atom is -0.305 e. The number of rotatable bonds is 7. The molecule has 7 nitrogen and oxygen atoms in total. The van der Waals surface area contributed by atoms with Crippen molar-refractivity contribution in [3.63, 3.8) is 0 Å². The minimum atomic E-state index is -3.47. The highest BCUT2D eigenvalue weighted by Gasteiger charge is 2.37. The van der Waals surface area contributed by atoms with E-state index in [1.165, 1.54) is 4.90 Å². The number of nitrogens with one attached hydrogen (secondary N) is 1. The van der Waals surface area contributed by atoms with Crippen LogP contribution in [0.1, 0.15) is 26.2 Å². The SMILES string of the molecule is CCCN1C(=O)CC(NCCCS(N)(=O)=O)C1=O. The number of imide groups is 1. The molecule has 1 saturated heterocycles. The molecule has 1 unspecified atom stereocenters. The van der Waals surface area contributed by atoms with E-state index in [1.807, 2.05) is 6.92 Å². The van der Waals surface area contributed by atoms with Gasteiger partial charge in [-0.3, -0.25) is 14.5 Å². The second-order valence-corrected chi connectivity index (χ2v) is 6.05. The fraction of sp³-hybridized carbons (Fsp3) is 0.800. The Hall–Kier alpha value is -0.990. The third-order valence-corrected chi connectivity index (χ3v) is 3.55. The maximum atomic E-state index is 11.8. The molecule has 0 radical (unpaired) electrons. The Balaban J connectivity index is 2.36. The van der Waals surface area contributed by atoms with Gasteiger partial charge < -0.3 is 5.32 Å². The third-order valence-electron chi connectivity index (χ3n) is 2.69. The maximum absolute atomic E-state index is 11.8. The first-order chi connectivity index (χ1) is 8.35. The van der Waals surface area contributed by atoms with Gasteiger partial charge in [-0.1, -0.05) is 6.92 Å². The molecule has 2 amide bonds. The predicted octanol–water partition coefficient (Wildman–Crippen LogP) is -1.21. The lowest BCUT2D eigenvalue weighted by Crippen LogP contribution is -2.39. The fourth-order valence-electron chi connectivity index (χ4n) is 1.85. The molecule has 1 aliphatic rings. The summed E-state index contributed by atoms with van der Waals surface area (Å²) in [5.74, 6) is -0.531. The van der Waals surface area contributed by atoms with Crippen molar-refractivity contribution in [2.45, 2.75) is 32.2 Å². The Labute approximate surface area is 107 Å². The first-order valence-corrected chi connectivity index (χ1v) is 7.64. The quantitative estimate of drug-likeness (QED) is 0.448. The van der Waals surface area contributed by atoms with Gasteiger partial charge in [0.1, 0.15) is 0 Å². The van der Waals surface area contributed by atoms with Crippen molar-refractivity contribution in [1.29, 1.82) is 0 Å². The van der Waals surface area contributed by atoms with Crippen LogP contribution in [0.3, 0.4) is 0 Å². The van der Waals surface area contributed by atoms with Crippen molar-refractivity contribution in [2.75, 3.05) is 18.8 Å². The number of nitrogens with two attached hydrogens (primary N) is 1. The molecule has 0 saturated carbocycles. The van der Waals surface area contributed by atoms with Crippen LogP contribution >= 0.6 is 0 Å². The van der Waals surface area contributed by atoms with Crippen molar-refractivity contribution in [1.82, 2.24) is 10.2 Å². The first-order valence-electron chi connectivity index (χ1n) is 5.93.